The van der Waals surface area contributed by atoms with Gasteiger partial charge in [-0.2, -0.15) is 5.10 Å². The lowest BCUT2D eigenvalue weighted by Gasteiger charge is -2.05. The van der Waals surface area contributed by atoms with Crippen LogP contribution in [0.3, 0.4) is 0 Å². The number of halogens is 1. The fourth-order valence-electron chi connectivity index (χ4n) is 2.61. The number of amides is 2. The van der Waals surface area contributed by atoms with Crippen molar-refractivity contribution in [2.75, 3.05) is 5.32 Å². The molecule has 0 radical (unpaired) electrons. The lowest BCUT2D eigenvalue weighted by atomic mass is 10.3. The van der Waals surface area contributed by atoms with Crippen LogP contribution in [-0.2, 0) is 11.3 Å². The summed E-state index contributed by atoms with van der Waals surface area (Å²) in [5, 5.41) is 10.5. The third kappa shape index (κ3) is 5.68. The summed E-state index contributed by atoms with van der Waals surface area (Å²) < 4.78 is 2.49. The van der Waals surface area contributed by atoms with Crippen LogP contribution in [0.2, 0.25) is 0 Å². The number of hydrogen-bond acceptors (Lipinski definition) is 5. The van der Waals surface area contributed by atoms with Crippen molar-refractivity contribution in [3.63, 3.8) is 0 Å². The molecule has 9 heteroatoms. The van der Waals surface area contributed by atoms with Crippen LogP contribution in [0.1, 0.15) is 23.3 Å². The summed E-state index contributed by atoms with van der Waals surface area (Å²) in [5.41, 5.74) is 0.824. The Morgan fingerprint density at radius 3 is 2.83 bits per heavy atom. The summed E-state index contributed by atoms with van der Waals surface area (Å²) in [6, 6.07) is 13.5. The van der Waals surface area contributed by atoms with E-state index < -0.39 is 0 Å². The number of rotatable bonds is 7. The normalized spacial score (nSPS) is 13.1. The monoisotopic (exact) mass is 471 g/mol. The molecule has 7 nitrogen and oxygen atoms in total. The number of benzene rings is 1. The Morgan fingerprint density at radius 1 is 1.21 bits per heavy atom. The van der Waals surface area contributed by atoms with Crippen molar-refractivity contribution in [3.8, 4) is 0 Å². The number of carbonyl (C=O) groups is 2. The third-order valence-corrected chi connectivity index (χ3v) is 5.53. The molecule has 1 aliphatic carbocycles. The minimum absolute atomic E-state index is 0.0765. The smallest absolute Gasteiger partial charge is 0.274 e. The van der Waals surface area contributed by atoms with Gasteiger partial charge < -0.3 is 10.6 Å². The Morgan fingerprint density at radius 2 is 2.03 bits per heavy atom. The van der Waals surface area contributed by atoms with Crippen molar-refractivity contribution in [1.82, 2.24) is 20.1 Å². The average molecular weight is 472 g/mol. The van der Waals surface area contributed by atoms with Crippen molar-refractivity contribution >= 4 is 45.2 Å². The average Bonchev–Trinajstić information content (AvgIpc) is 3.39. The van der Waals surface area contributed by atoms with Gasteiger partial charge in [0.1, 0.15) is 17.3 Å². The first-order valence-electron chi connectivity index (χ1n) is 9.09. The second kappa shape index (κ2) is 8.79. The minimum Gasteiger partial charge on any atom is -0.352 e. The van der Waals surface area contributed by atoms with Gasteiger partial charge >= 0.3 is 0 Å². The topological polar surface area (TPSA) is 88.9 Å². The van der Waals surface area contributed by atoms with Gasteiger partial charge in [-0.15, -0.1) is 0 Å². The number of nitrogens with zero attached hydrogens (tertiary/aromatic N) is 3. The third-order valence-electron chi connectivity index (χ3n) is 4.11. The van der Waals surface area contributed by atoms with Crippen molar-refractivity contribution in [3.05, 3.63) is 65.0 Å². The van der Waals surface area contributed by atoms with Gasteiger partial charge in [-0.1, -0.05) is 39.8 Å². The highest BCUT2D eigenvalue weighted by Crippen LogP contribution is 2.28. The number of aromatic nitrogens is 3. The fraction of sp³-hybridized carbons (Fsp3) is 0.200. The molecule has 2 aromatic heterocycles. The Hall–Kier alpha value is -2.65. The van der Waals surface area contributed by atoms with Gasteiger partial charge in [0.25, 0.3) is 5.91 Å². The van der Waals surface area contributed by atoms with Crippen LogP contribution in [0.25, 0.3) is 0 Å². The second-order valence-electron chi connectivity index (χ2n) is 6.64. The van der Waals surface area contributed by atoms with E-state index in [0.29, 0.717) is 17.4 Å². The van der Waals surface area contributed by atoms with Gasteiger partial charge in [0.05, 0.1) is 11.9 Å². The van der Waals surface area contributed by atoms with Crippen LogP contribution in [-0.4, -0.2) is 32.6 Å². The summed E-state index contributed by atoms with van der Waals surface area (Å²) in [6.45, 7) is 0.128. The Labute approximate surface area is 180 Å². The molecule has 0 spiro atoms. The zero-order valence-electron chi connectivity index (χ0n) is 15.3. The fourth-order valence-corrected chi connectivity index (χ4v) is 4.02. The van der Waals surface area contributed by atoms with Gasteiger partial charge in [-0.25, -0.2) is 4.98 Å². The van der Waals surface area contributed by atoms with E-state index in [1.165, 1.54) is 22.6 Å². The van der Waals surface area contributed by atoms with Crippen LogP contribution < -0.4 is 10.6 Å². The Bertz CT molecular complexity index is 1050. The molecular weight excluding hydrogens is 454 g/mol. The molecular formula is C20H18BrN5O2S. The van der Waals surface area contributed by atoms with E-state index in [9.17, 15) is 9.59 Å². The first-order valence-corrected chi connectivity index (χ1v) is 10.7. The first kappa shape index (κ1) is 19.7. The number of anilines is 1. The van der Waals surface area contributed by atoms with Crippen LogP contribution >= 0.6 is 27.7 Å². The zero-order chi connectivity index (χ0) is 20.2. The zero-order valence-corrected chi connectivity index (χ0v) is 17.7. The summed E-state index contributed by atoms with van der Waals surface area (Å²) in [5.74, 6) is -0.406. The molecule has 4 rings (SSSR count). The largest absolute Gasteiger partial charge is 0.352 e. The molecule has 0 bridgehead atoms. The second-order valence-corrected chi connectivity index (χ2v) is 8.65. The van der Waals surface area contributed by atoms with E-state index in [4.69, 9.17) is 0 Å². The lowest BCUT2D eigenvalue weighted by Crippen LogP contribution is -2.29. The molecule has 29 heavy (non-hydrogen) atoms. The van der Waals surface area contributed by atoms with Gasteiger partial charge in [0, 0.05) is 21.6 Å². The van der Waals surface area contributed by atoms with E-state index in [1.54, 1.807) is 18.3 Å². The molecule has 3 aromatic rings. The van der Waals surface area contributed by atoms with Gasteiger partial charge in [-0.3, -0.25) is 14.3 Å². The lowest BCUT2D eigenvalue weighted by molar-refractivity contribution is -0.122. The maximum atomic E-state index is 12.6. The molecule has 148 valence electrons. The predicted octanol–water partition coefficient (Wildman–Crippen LogP) is 3.72. The molecule has 1 aromatic carbocycles. The first-order chi connectivity index (χ1) is 14.0. The highest BCUT2D eigenvalue weighted by molar-refractivity contribution is 9.10. The van der Waals surface area contributed by atoms with Crippen LogP contribution in [0.4, 0.5) is 5.69 Å². The number of nitrogens with one attached hydrogen (secondary N) is 2. The number of pyridine rings is 1. The van der Waals surface area contributed by atoms with E-state index in [2.05, 4.69) is 36.6 Å². The Balaban J connectivity index is 1.37. The molecule has 0 atom stereocenters. The van der Waals surface area contributed by atoms with E-state index in [-0.39, 0.29) is 18.4 Å². The van der Waals surface area contributed by atoms with E-state index in [1.807, 2.05) is 30.3 Å². The molecule has 2 N–H and O–H groups in total. The van der Waals surface area contributed by atoms with Crippen molar-refractivity contribution in [2.24, 2.45) is 0 Å². The molecule has 2 heterocycles. The Kier molecular flexibility index (Phi) is 5.96. The molecule has 1 fully saturated rings. The summed E-state index contributed by atoms with van der Waals surface area (Å²) in [4.78, 5) is 29.9. The predicted molar refractivity (Wildman–Crippen MR) is 114 cm³/mol. The number of carbonyl (C=O) groups excluding carboxylic acids is 2. The van der Waals surface area contributed by atoms with Gasteiger partial charge in [0.15, 0.2) is 0 Å². The molecule has 1 aliphatic rings. The van der Waals surface area contributed by atoms with E-state index in [0.717, 1.165) is 27.2 Å². The standard InChI is InChI=1S/C20H18BrN5O2S/c21-13-3-1-4-16(9-13)29-19-6-2-5-17(25-19)20(28)24-15-10-22-26(11-15)12-18(27)23-14-7-8-14/h1-6,9-11,14H,7-8,12H2,(H,23,27)(H,24,28). The summed E-state index contributed by atoms with van der Waals surface area (Å²) in [6.07, 6.45) is 5.23. The van der Waals surface area contributed by atoms with Crippen LogP contribution in [0, 0.1) is 0 Å². The van der Waals surface area contributed by atoms with E-state index >= 15 is 0 Å². The maximum absolute atomic E-state index is 12.6. The van der Waals surface area contributed by atoms with Crippen LogP contribution in [0.15, 0.2) is 69.3 Å². The SMILES string of the molecule is O=C(Cn1cc(NC(=O)c2cccc(Sc3cccc(Br)c3)n2)cn1)NC1CC1. The van der Waals surface area contributed by atoms with Crippen molar-refractivity contribution in [2.45, 2.75) is 35.3 Å². The quantitative estimate of drug-likeness (QED) is 0.547. The highest BCUT2D eigenvalue weighted by atomic mass is 79.9. The minimum atomic E-state index is -0.330. The van der Waals surface area contributed by atoms with Crippen LogP contribution in [0.5, 0.6) is 0 Å². The van der Waals surface area contributed by atoms with Gasteiger partial charge in [-0.05, 0) is 43.2 Å². The molecule has 2 amide bonds. The number of hydrogen-bond donors (Lipinski definition) is 2. The highest BCUT2D eigenvalue weighted by Gasteiger charge is 2.23. The summed E-state index contributed by atoms with van der Waals surface area (Å²) in [7, 11) is 0. The van der Waals surface area contributed by atoms with Gasteiger partial charge in [0.2, 0.25) is 5.91 Å². The summed E-state index contributed by atoms with van der Waals surface area (Å²) >= 11 is 4.93. The molecule has 0 unspecified atom stereocenters. The van der Waals surface area contributed by atoms with Crippen molar-refractivity contribution in [1.29, 1.82) is 0 Å². The molecule has 1 saturated carbocycles. The molecule has 0 saturated heterocycles. The molecule has 0 aliphatic heterocycles. The van der Waals surface area contributed by atoms with Crippen molar-refractivity contribution < 1.29 is 9.59 Å². The maximum Gasteiger partial charge on any atom is 0.274 e.